The lowest BCUT2D eigenvalue weighted by atomic mass is 10.2. The fraction of sp³-hybridized carbons (Fsp3) is 0.526. The Balaban J connectivity index is 1.46. The Labute approximate surface area is 149 Å². The van der Waals surface area contributed by atoms with Gasteiger partial charge in [0.2, 0.25) is 0 Å². The van der Waals surface area contributed by atoms with Crippen molar-refractivity contribution in [1.82, 2.24) is 24.8 Å². The lowest BCUT2D eigenvalue weighted by Crippen LogP contribution is -2.45. The van der Waals surface area contributed by atoms with E-state index < -0.39 is 0 Å². The first-order valence-electron chi connectivity index (χ1n) is 9.24. The molecule has 6 heteroatoms. The van der Waals surface area contributed by atoms with E-state index in [1.807, 2.05) is 18.3 Å². The molecule has 2 aromatic rings. The van der Waals surface area contributed by atoms with Gasteiger partial charge in [-0.2, -0.15) is 0 Å². The molecule has 1 N–H and O–H groups in total. The second kappa shape index (κ2) is 7.45. The number of anilines is 1. The molecule has 6 nitrogen and oxygen atoms in total. The average Bonchev–Trinajstić information content (AvgIpc) is 3.13. The predicted octanol–water partition coefficient (Wildman–Crippen LogP) is 1.69. The fourth-order valence-electron chi connectivity index (χ4n) is 3.61. The molecule has 0 unspecified atom stereocenters. The highest BCUT2D eigenvalue weighted by Gasteiger charge is 2.20. The van der Waals surface area contributed by atoms with Crippen LogP contribution in [-0.2, 0) is 12.8 Å². The number of rotatable bonds is 5. The van der Waals surface area contributed by atoms with Crippen LogP contribution in [0.5, 0.6) is 0 Å². The SMILES string of the molecule is CN1CCN(CCNc2nc(-c3cccnc3)nc3c2CCC3)CC1. The molecule has 25 heavy (non-hydrogen) atoms. The molecule has 4 rings (SSSR count). The Bertz CT molecular complexity index is 709. The van der Waals surface area contributed by atoms with E-state index in [-0.39, 0.29) is 0 Å². The highest BCUT2D eigenvalue weighted by Crippen LogP contribution is 2.28. The normalized spacial score (nSPS) is 18.3. The van der Waals surface area contributed by atoms with E-state index in [1.165, 1.54) is 17.7 Å². The minimum atomic E-state index is 0.788. The summed E-state index contributed by atoms with van der Waals surface area (Å²) in [6.07, 6.45) is 6.93. The Hall–Kier alpha value is -2.05. The monoisotopic (exact) mass is 338 g/mol. The molecule has 0 spiro atoms. The van der Waals surface area contributed by atoms with Crippen LogP contribution in [0.3, 0.4) is 0 Å². The maximum Gasteiger partial charge on any atom is 0.163 e. The van der Waals surface area contributed by atoms with Gasteiger partial charge in [-0.15, -0.1) is 0 Å². The second-order valence-corrected chi connectivity index (χ2v) is 6.99. The minimum absolute atomic E-state index is 0.788. The van der Waals surface area contributed by atoms with Gasteiger partial charge in [-0.3, -0.25) is 9.88 Å². The van der Waals surface area contributed by atoms with Gasteiger partial charge in [-0.25, -0.2) is 9.97 Å². The molecule has 2 aromatic heterocycles. The van der Waals surface area contributed by atoms with Crippen LogP contribution in [0.25, 0.3) is 11.4 Å². The smallest absolute Gasteiger partial charge is 0.163 e. The summed E-state index contributed by atoms with van der Waals surface area (Å²) >= 11 is 0. The first-order valence-corrected chi connectivity index (χ1v) is 9.24. The molecule has 0 aromatic carbocycles. The number of nitrogens with zero attached hydrogens (tertiary/aromatic N) is 5. The minimum Gasteiger partial charge on any atom is -0.368 e. The number of likely N-dealkylation sites (N-methyl/N-ethyl adjacent to an activating group) is 1. The highest BCUT2D eigenvalue weighted by atomic mass is 15.2. The van der Waals surface area contributed by atoms with Crippen LogP contribution >= 0.6 is 0 Å². The molecular formula is C19H26N6. The van der Waals surface area contributed by atoms with Gasteiger partial charge >= 0.3 is 0 Å². The fourth-order valence-corrected chi connectivity index (χ4v) is 3.61. The molecule has 1 fully saturated rings. The molecule has 1 aliphatic carbocycles. The van der Waals surface area contributed by atoms with E-state index in [0.29, 0.717) is 0 Å². The van der Waals surface area contributed by atoms with E-state index in [2.05, 4.69) is 27.1 Å². The maximum atomic E-state index is 4.82. The molecule has 132 valence electrons. The zero-order valence-corrected chi connectivity index (χ0v) is 14.9. The maximum absolute atomic E-state index is 4.82. The van der Waals surface area contributed by atoms with Crippen molar-refractivity contribution in [3.05, 3.63) is 35.8 Å². The van der Waals surface area contributed by atoms with Gasteiger partial charge in [0.05, 0.1) is 0 Å². The molecule has 1 saturated heterocycles. The van der Waals surface area contributed by atoms with Crippen molar-refractivity contribution in [1.29, 1.82) is 0 Å². The van der Waals surface area contributed by atoms with Crippen molar-refractivity contribution >= 4 is 5.82 Å². The first-order chi connectivity index (χ1) is 12.3. The van der Waals surface area contributed by atoms with Crippen molar-refractivity contribution in [3.63, 3.8) is 0 Å². The Kier molecular flexibility index (Phi) is 4.90. The average molecular weight is 338 g/mol. The van der Waals surface area contributed by atoms with Crippen molar-refractivity contribution in [2.45, 2.75) is 19.3 Å². The van der Waals surface area contributed by atoms with Crippen LogP contribution in [0.4, 0.5) is 5.82 Å². The van der Waals surface area contributed by atoms with E-state index in [0.717, 1.165) is 69.3 Å². The summed E-state index contributed by atoms with van der Waals surface area (Å²) in [5.41, 5.74) is 3.50. The second-order valence-electron chi connectivity index (χ2n) is 6.99. The summed E-state index contributed by atoms with van der Waals surface area (Å²) in [5, 5.41) is 3.59. The summed E-state index contributed by atoms with van der Waals surface area (Å²) in [5.74, 6) is 1.81. The van der Waals surface area contributed by atoms with E-state index >= 15 is 0 Å². The van der Waals surface area contributed by atoms with Crippen molar-refractivity contribution in [2.75, 3.05) is 51.6 Å². The van der Waals surface area contributed by atoms with Crippen molar-refractivity contribution < 1.29 is 0 Å². The number of hydrogen-bond donors (Lipinski definition) is 1. The van der Waals surface area contributed by atoms with Gasteiger partial charge in [-0.1, -0.05) is 0 Å². The molecule has 3 heterocycles. The molecule has 0 bridgehead atoms. The lowest BCUT2D eigenvalue weighted by Gasteiger charge is -2.32. The van der Waals surface area contributed by atoms with Gasteiger partial charge in [0.25, 0.3) is 0 Å². The quantitative estimate of drug-likeness (QED) is 0.895. The summed E-state index contributed by atoms with van der Waals surface area (Å²) in [6, 6.07) is 3.96. The summed E-state index contributed by atoms with van der Waals surface area (Å²) in [4.78, 5) is 18.7. The standard InChI is InChI=1S/C19H26N6/c1-24-10-12-25(13-11-24)9-8-21-19-16-5-2-6-17(16)22-18(23-19)15-4-3-7-20-14-15/h3-4,7,14H,2,5-6,8-13H2,1H3,(H,21,22,23). The van der Waals surface area contributed by atoms with E-state index in [4.69, 9.17) is 9.97 Å². The van der Waals surface area contributed by atoms with Crippen LogP contribution in [-0.4, -0.2) is 71.1 Å². The van der Waals surface area contributed by atoms with Crippen LogP contribution in [0.2, 0.25) is 0 Å². The number of pyridine rings is 1. The zero-order chi connectivity index (χ0) is 17.1. The van der Waals surface area contributed by atoms with Gasteiger partial charge in [0.1, 0.15) is 5.82 Å². The largest absolute Gasteiger partial charge is 0.368 e. The Morgan fingerprint density at radius 3 is 2.80 bits per heavy atom. The summed E-state index contributed by atoms with van der Waals surface area (Å²) < 4.78 is 0. The number of fused-ring (bicyclic) bond motifs is 1. The van der Waals surface area contributed by atoms with Crippen LogP contribution in [0.1, 0.15) is 17.7 Å². The summed E-state index contributed by atoms with van der Waals surface area (Å²) in [6.45, 7) is 6.62. The van der Waals surface area contributed by atoms with Crippen LogP contribution in [0, 0.1) is 0 Å². The first kappa shape index (κ1) is 16.4. The topological polar surface area (TPSA) is 57.2 Å². The van der Waals surface area contributed by atoms with E-state index in [9.17, 15) is 0 Å². The summed E-state index contributed by atoms with van der Waals surface area (Å²) in [7, 11) is 2.19. The molecular weight excluding hydrogens is 312 g/mol. The third-order valence-electron chi connectivity index (χ3n) is 5.17. The molecule has 0 radical (unpaired) electrons. The van der Waals surface area contributed by atoms with E-state index in [1.54, 1.807) is 6.20 Å². The van der Waals surface area contributed by atoms with Crippen LogP contribution < -0.4 is 5.32 Å². The Morgan fingerprint density at radius 2 is 2.00 bits per heavy atom. The third-order valence-corrected chi connectivity index (χ3v) is 5.17. The molecule has 0 amide bonds. The number of hydrogen-bond acceptors (Lipinski definition) is 6. The van der Waals surface area contributed by atoms with Crippen molar-refractivity contribution in [3.8, 4) is 11.4 Å². The molecule has 0 saturated carbocycles. The third kappa shape index (κ3) is 3.80. The Morgan fingerprint density at radius 1 is 1.12 bits per heavy atom. The number of aromatic nitrogens is 3. The van der Waals surface area contributed by atoms with Gasteiger partial charge in [0, 0.05) is 68.5 Å². The predicted molar refractivity (Wildman–Crippen MR) is 99.7 cm³/mol. The number of nitrogens with one attached hydrogen (secondary N) is 1. The van der Waals surface area contributed by atoms with Gasteiger partial charge in [-0.05, 0) is 38.4 Å². The molecule has 1 aliphatic heterocycles. The number of piperazine rings is 1. The molecule has 2 aliphatic rings. The lowest BCUT2D eigenvalue weighted by molar-refractivity contribution is 0.158. The van der Waals surface area contributed by atoms with Crippen LogP contribution in [0.15, 0.2) is 24.5 Å². The highest BCUT2D eigenvalue weighted by molar-refractivity contribution is 5.59. The van der Waals surface area contributed by atoms with Gasteiger partial charge in [0.15, 0.2) is 5.82 Å². The molecule has 0 atom stereocenters. The van der Waals surface area contributed by atoms with Gasteiger partial charge < -0.3 is 10.2 Å². The van der Waals surface area contributed by atoms with Crippen molar-refractivity contribution in [2.24, 2.45) is 0 Å². The zero-order valence-electron chi connectivity index (χ0n) is 14.9. The number of aryl methyl sites for hydroxylation is 1.